The Morgan fingerprint density at radius 1 is 1.17 bits per heavy atom. The van der Waals surface area contributed by atoms with Crippen LogP contribution in [0.5, 0.6) is 0 Å². The monoisotopic (exact) mass is 392 g/mol. The van der Waals surface area contributed by atoms with Gasteiger partial charge in [-0.2, -0.15) is 0 Å². The molecule has 1 aliphatic rings. The number of benzene rings is 1. The zero-order chi connectivity index (χ0) is 12.5. The van der Waals surface area contributed by atoms with E-state index in [1.165, 1.54) is 24.0 Å². The lowest BCUT2D eigenvalue weighted by Gasteiger charge is -2.27. The molecule has 1 aliphatic heterocycles. The van der Waals surface area contributed by atoms with Crippen LogP contribution in [0, 0.1) is 0 Å². The van der Waals surface area contributed by atoms with E-state index in [-0.39, 0.29) is 24.0 Å². The number of hydrogen-bond acceptors (Lipinski definition) is 0. The number of rotatable bonds is 3. The maximum absolute atomic E-state index is 2.52. The van der Waals surface area contributed by atoms with Crippen LogP contribution in [0.2, 0.25) is 19.6 Å². The van der Waals surface area contributed by atoms with E-state index in [4.69, 9.17) is 0 Å². The van der Waals surface area contributed by atoms with E-state index < -0.39 is 8.07 Å². The highest BCUT2D eigenvalue weighted by Gasteiger charge is 2.50. The predicted molar refractivity (Wildman–Crippen MR) is 83.5 cm³/mol. The topological polar surface area (TPSA) is 0 Å². The summed E-state index contributed by atoms with van der Waals surface area (Å²) in [4.78, 5) is 0. The molecule has 2 rings (SSSR count). The number of hydrogen-bond donors (Lipinski definition) is 0. The fourth-order valence-electron chi connectivity index (χ4n) is 2.81. The van der Waals surface area contributed by atoms with E-state index >= 15 is 0 Å². The van der Waals surface area contributed by atoms with Crippen molar-refractivity contribution in [3.05, 3.63) is 35.9 Å². The van der Waals surface area contributed by atoms with Crippen LogP contribution in [-0.4, -0.2) is 19.2 Å². The summed E-state index contributed by atoms with van der Waals surface area (Å²) in [5, 5.41) is 1.51. The maximum Gasteiger partial charge on any atom is 0.150 e. The first-order chi connectivity index (χ1) is 7.92. The van der Waals surface area contributed by atoms with E-state index in [0.29, 0.717) is 15.6 Å². The van der Waals surface area contributed by atoms with E-state index in [1.54, 1.807) is 5.56 Å². The Hall–Kier alpha value is 0.517. The van der Waals surface area contributed by atoms with Crippen LogP contribution in [0.15, 0.2) is 30.3 Å². The molecule has 0 aliphatic carbocycles. The van der Waals surface area contributed by atoms with Gasteiger partial charge in [0, 0.05) is 12.0 Å². The van der Waals surface area contributed by atoms with Gasteiger partial charge in [-0.15, -0.1) is 0 Å². The third-order valence-corrected chi connectivity index (χ3v) is 11.0. The van der Waals surface area contributed by atoms with Crippen molar-refractivity contribution in [2.24, 2.45) is 0 Å². The van der Waals surface area contributed by atoms with Gasteiger partial charge in [0.2, 0.25) is 0 Å². The van der Waals surface area contributed by atoms with Gasteiger partial charge in [-0.1, -0.05) is 50.0 Å². The maximum atomic E-state index is 2.52. The predicted octanol–water partition coefficient (Wildman–Crippen LogP) is 1.20. The highest BCUT2D eigenvalue weighted by Crippen LogP contribution is 2.43. The lowest BCUT2D eigenvalue weighted by molar-refractivity contribution is -0.00000392. The minimum Gasteiger partial charge on any atom is -1.00 e. The molecule has 0 spiro atoms. The van der Waals surface area contributed by atoms with Crippen LogP contribution in [0.25, 0.3) is 0 Å². The molecule has 1 aromatic carbocycles. The minimum absolute atomic E-state index is 0. The zero-order valence-electron chi connectivity index (χ0n) is 12.0. The van der Waals surface area contributed by atoms with Crippen LogP contribution in [0.4, 0.5) is 0 Å². The second-order valence-corrected chi connectivity index (χ2v) is 15.2. The summed E-state index contributed by atoms with van der Waals surface area (Å²) in [6.45, 7) is 10.1. The van der Waals surface area contributed by atoms with Crippen molar-refractivity contribution in [1.82, 2.24) is 0 Å². The van der Waals surface area contributed by atoms with Crippen molar-refractivity contribution in [2.75, 3.05) is 11.1 Å². The summed E-state index contributed by atoms with van der Waals surface area (Å²) in [6.07, 6.45) is 2.82. The molecule has 3 heteroatoms. The molecule has 0 amide bonds. The molecule has 0 saturated carbocycles. The van der Waals surface area contributed by atoms with Gasteiger partial charge < -0.3 is 24.0 Å². The van der Waals surface area contributed by atoms with Gasteiger partial charge in [0.05, 0.1) is 5.38 Å². The van der Waals surface area contributed by atoms with Gasteiger partial charge in [0.15, 0.2) is 0 Å². The van der Waals surface area contributed by atoms with E-state index in [9.17, 15) is 0 Å². The van der Waals surface area contributed by atoms with Crippen LogP contribution in [0.1, 0.15) is 25.3 Å². The van der Waals surface area contributed by atoms with Crippen LogP contribution >= 0.6 is 0 Å². The van der Waals surface area contributed by atoms with Crippen molar-refractivity contribution >= 4 is 19.0 Å². The molecule has 18 heavy (non-hydrogen) atoms. The van der Waals surface area contributed by atoms with Gasteiger partial charge in [-0.25, -0.2) is 0 Å². The normalized spacial score (nSPS) is 27.9. The Morgan fingerprint density at radius 3 is 2.33 bits per heavy atom. The summed E-state index contributed by atoms with van der Waals surface area (Å²) in [5.41, 5.74) is 1.58. The van der Waals surface area contributed by atoms with E-state index in [1.807, 2.05) is 0 Å². The molecule has 0 aromatic heterocycles. The molecule has 0 nitrogen and oxygen atoms in total. The number of halogens is 1. The molecule has 0 N–H and O–H groups in total. The first kappa shape index (κ1) is 16.6. The second-order valence-electron chi connectivity index (χ2n) is 6.60. The van der Waals surface area contributed by atoms with Crippen LogP contribution < -0.4 is 24.0 Å². The molecule has 1 saturated heterocycles. The largest absolute Gasteiger partial charge is 1.00 e. The molecular weight excluding hydrogens is 367 g/mol. The van der Waals surface area contributed by atoms with Crippen molar-refractivity contribution in [2.45, 2.75) is 44.2 Å². The van der Waals surface area contributed by atoms with Crippen LogP contribution in [-0.2, 0) is 15.6 Å². The van der Waals surface area contributed by atoms with E-state index in [0.717, 1.165) is 0 Å². The molecule has 1 heterocycles. The highest BCUT2D eigenvalue weighted by atomic mass is 127. The van der Waals surface area contributed by atoms with Gasteiger partial charge in [0.1, 0.15) is 18.6 Å². The second kappa shape index (κ2) is 6.31. The molecule has 102 valence electrons. The molecule has 1 aromatic rings. The SMILES string of the molecule is C[C@@]1(c2ccccc2)CCC[S+]1C[Si](C)(C)C.[I-]. The Morgan fingerprint density at radius 2 is 1.78 bits per heavy atom. The molecule has 1 unspecified atom stereocenters. The smallest absolute Gasteiger partial charge is 0.150 e. The Kier molecular flexibility index (Phi) is 5.81. The summed E-state index contributed by atoms with van der Waals surface area (Å²) in [7, 11) is -0.321. The average Bonchev–Trinajstić information content (AvgIpc) is 2.61. The fraction of sp³-hybridized carbons (Fsp3) is 0.600. The van der Waals surface area contributed by atoms with Crippen LogP contribution in [0.3, 0.4) is 0 Å². The Balaban J connectivity index is 0.00000162. The average molecular weight is 392 g/mol. The van der Waals surface area contributed by atoms with Crippen molar-refractivity contribution in [3.8, 4) is 0 Å². The molecular formula is C15H25ISSi. The quantitative estimate of drug-likeness (QED) is 0.412. The third-order valence-electron chi connectivity index (χ3n) is 3.67. The molecule has 0 radical (unpaired) electrons. The zero-order valence-corrected chi connectivity index (χ0v) is 16.0. The summed E-state index contributed by atoms with van der Waals surface area (Å²) < 4.78 is 0.474. The van der Waals surface area contributed by atoms with E-state index in [2.05, 4.69) is 56.9 Å². The fourth-order valence-corrected chi connectivity index (χ4v) is 10.7. The Bertz CT molecular complexity index is 374. The highest BCUT2D eigenvalue weighted by molar-refractivity contribution is 7.99. The first-order valence-corrected chi connectivity index (χ1v) is 11.9. The summed E-state index contributed by atoms with van der Waals surface area (Å²) >= 11 is 0. The standard InChI is InChI=1S/C15H25SSi.HI/c1-15(14-9-6-5-7-10-14)11-8-12-16(15)13-17(2,3)4;/h5-7,9-10H,8,11-13H2,1-4H3;1H/q+1;/p-1/t15-,16?;/m0./s1. The van der Waals surface area contributed by atoms with Crippen molar-refractivity contribution in [3.63, 3.8) is 0 Å². The molecule has 0 bridgehead atoms. The lowest BCUT2D eigenvalue weighted by Crippen LogP contribution is -3.00. The van der Waals surface area contributed by atoms with Gasteiger partial charge in [-0.3, -0.25) is 0 Å². The third kappa shape index (κ3) is 3.76. The van der Waals surface area contributed by atoms with Gasteiger partial charge >= 0.3 is 0 Å². The van der Waals surface area contributed by atoms with Gasteiger partial charge in [-0.05, 0) is 24.2 Å². The van der Waals surface area contributed by atoms with Crippen molar-refractivity contribution < 1.29 is 24.0 Å². The van der Waals surface area contributed by atoms with Gasteiger partial charge in [0.25, 0.3) is 0 Å². The Labute approximate surface area is 133 Å². The summed E-state index contributed by atoms with van der Waals surface area (Å²) in [6, 6.07) is 11.2. The lowest BCUT2D eigenvalue weighted by atomic mass is 9.96. The first-order valence-electron chi connectivity index (χ1n) is 6.65. The summed E-state index contributed by atoms with van der Waals surface area (Å²) in [5.74, 6) is 1.47. The van der Waals surface area contributed by atoms with Crippen molar-refractivity contribution in [1.29, 1.82) is 0 Å². The molecule has 1 fully saturated rings. The molecule has 2 atom stereocenters. The minimum atomic E-state index is -0.932.